The molecule has 0 N–H and O–H groups in total. The molecule has 8 heteroatoms. The molecule has 35 heavy (non-hydrogen) atoms. The number of carbonyl (C=O) groups excluding carboxylic acids is 1. The summed E-state index contributed by atoms with van der Waals surface area (Å²) in [6, 6.07) is 13.1. The van der Waals surface area contributed by atoms with Crippen LogP contribution >= 0.6 is 11.3 Å². The van der Waals surface area contributed by atoms with E-state index in [1.807, 2.05) is 30.5 Å². The minimum absolute atomic E-state index is 0.192. The molecule has 3 heterocycles. The van der Waals surface area contributed by atoms with Crippen molar-refractivity contribution in [3.63, 3.8) is 0 Å². The number of para-hydroxylation sites is 1. The number of benzene rings is 2. The van der Waals surface area contributed by atoms with Gasteiger partial charge in [0.05, 0.1) is 28.5 Å². The highest BCUT2D eigenvalue weighted by molar-refractivity contribution is 7.07. The maximum Gasteiger partial charge on any atom is 0.338 e. The maximum absolute atomic E-state index is 13.7. The van der Waals surface area contributed by atoms with Gasteiger partial charge >= 0.3 is 5.97 Å². The van der Waals surface area contributed by atoms with Gasteiger partial charge in [0, 0.05) is 29.2 Å². The SMILES string of the molecule is CCOC(=O)C1=C(C)N=c2s/c(=C\c3cn(CC)c4ccccc34)c(=O)n2[C@@H]1c1ccc(F)cc1. The molecule has 4 aromatic rings. The van der Waals surface area contributed by atoms with E-state index in [9.17, 15) is 14.0 Å². The van der Waals surface area contributed by atoms with Crippen LogP contribution in [0.15, 0.2) is 75.8 Å². The van der Waals surface area contributed by atoms with E-state index in [1.54, 1.807) is 26.0 Å². The highest BCUT2D eigenvalue weighted by Crippen LogP contribution is 2.31. The molecule has 0 aliphatic carbocycles. The van der Waals surface area contributed by atoms with Gasteiger partial charge in [-0.05, 0) is 50.6 Å². The zero-order valence-corrected chi connectivity index (χ0v) is 20.4. The van der Waals surface area contributed by atoms with Crippen molar-refractivity contribution in [1.82, 2.24) is 9.13 Å². The van der Waals surface area contributed by atoms with Crippen LogP contribution in [0.2, 0.25) is 0 Å². The van der Waals surface area contributed by atoms with Gasteiger partial charge in [-0.2, -0.15) is 0 Å². The molecule has 5 rings (SSSR count). The van der Waals surface area contributed by atoms with Crippen LogP contribution in [-0.2, 0) is 16.1 Å². The number of rotatable bonds is 5. The molecule has 0 saturated heterocycles. The molecule has 0 unspecified atom stereocenters. The van der Waals surface area contributed by atoms with E-state index >= 15 is 0 Å². The summed E-state index contributed by atoms with van der Waals surface area (Å²) in [5.41, 5.74) is 3.14. The maximum atomic E-state index is 13.7. The summed E-state index contributed by atoms with van der Waals surface area (Å²) in [5.74, 6) is -0.935. The third-order valence-corrected chi connectivity index (χ3v) is 7.13. The van der Waals surface area contributed by atoms with Crippen LogP contribution in [0, 0.1) is 5.82 Å². The summed E-state index contributed by atoms with van der Waals surface area (Å²) in [6.45, 7) is 6.53. The van der Waals surface area contributed by atoms with Crippen molar-refractivity contribution in [2.45, 2.75) is 33.4 Å². The van der Waals surface area contributed by atoms with Crippen molar-refractivity contribution in [3.05, 3.63) is 103 Å². The quantitative estimate of drug-likeness (QED) is 0.399. The first kappa shape index (κ1) is 23.0. The first-order valence-electron chi connectivity index (χ1n) is 11.5. The fraction of sp³-hybridized carbons (Fsp3) is 0.222. The summed E-state index contributed by atoms with van der Waals surface area (Å²) < 4.78 is 23.2. The topological polar surface area (TPSA) is 65.6 Å². The van der Waals surface area contributed by atoms with E-state index in [0.717, 1.165) is 23.0 Å². The predicted molar refractivity (Wildman–Crippen MR) is 134 cm³/mol. The molecule has 2 aromatic heterocycles. The lowest BCUT2D eigenvalue weighted by atomic mass is 9.96. The smallest absolute Gasteiger partial charge is 0.338 e. The lowest BCUT2D eigenvalue weighted by Gasteiger charge is -2.24. The zero-order valence-electron chi connectivity index (χ0n) is 19.6. The number of hydrogen-bond donors (Lipinski definition) is 0. The number of thiazole rings is 1. The van der Waals surface area contributed by atoms with Crippen LogP contribution in [0.3, 0.4) is 0 Å². The highest BCUT2D eigenvalue weighted by atomic mass is 32.1. The summed E-state index contributed by atoms with van der Waals surface area (Å²) in [5, 5.41) is 1.05. The molecule has 0 radical (unpaired) electrons. The molecular formula is C27H24FN3O3S. The Labute approximate surface area is 204 Å². The van der Waals surface area contributed by atoms with Gasteiger partial charge in [0.15, 0.2) is 4.80 Å². The van der Waals surface area contributed by atoms with Crippen LogP contribution in [0.5, 0.6) is 0 Å². The molecule has 0 saturated carbocycles. The molecule has 6 nitrogen and oxygen atoms in total. The molecule has 0 spiro atoms. The van der Waals surface area contributed by atoms with Gasteiger partial charge in [0.2, 0.25) is 0 Å². The fourth-order valence-corrected chi connectivity index (χ4v) is 5.58. The van der Waals surface area contributed by atoms with Crippen LogP contribution in [0.25, 0.3) is 17.0 Å². The molecule has 1 aliphatic rings. The van der Waals surface area contributed by atoms with Gasteiger partial charge in [0.25, 0.3) is 5.56 Å². The Morgan fingerprint density at radius 1 is 1.17 bits per heavy atom. The first-order chi connectivity index (χ1) is 16.9. The van der Waals surface area contributed by atoms with E-state index in [-0.39, 0.29) is 17.7 Å². The van der Waals surface area contributed by atoms with E-state index < -0.39 is 17.8 Å². The van der Waals surface area contributed by atoms with Gasteiger partial charge in [-0.25, -0.2) is 14.2 Å². The molecule has 0 bridgehead atoms. The second-order valence-electron chi connectivity index (χ2n) is 8.24. The number of halogens is 1. The van der Waals surface area contributed by atoms with Crippen molar-refractivity contribution in [2.24, 2.45) is 4.99 Å². The molecule has 178 valence electrons. The van der Waals surface area contributed by atoms with Gasteiger partial charge < -0.3 is 9.30 Å². The van der Waals surface area contributed by atoms with Crippen LogP contribution in [0.1, 0.15) is 37.9 Å². The normalized spacial score (nSPS) is 15.9. The summed E-state index contributed by atoms with van der Waals surface area (Å²) in [6.07, 6.45) is 3.92. The van der Waals surface area contributed by atoms with Crippen molar-refractivity contribution in [1.29, 1.82) is 0 Å². The van der Waals surface area contributed by atoms with E-state index in [1.165, 1.54) is 28.0 Å². The van der Waals surface area contributed by atoms with E-state index in [4.69, 9.17) is 4.74 Å². The summed E-state index contributed by atoms with van der Waals surface area (Å²) >= 11 is 1.27. The third kappa shape index (κ3) is 3.93. The average molecular weight is 490 g/mol. The molecular weight excluding hydrogens is 465 g/mol. The Kier molecular flexibility index (Phi) is 5.98. The molecule has 1 atom stereocenters. The standard InChI is InChI=1S/C27H24FN3O3S/c1-4-30-15-18(20-8-6-7-9-21(20)30)14-22-25(32)31-24(17-10-12-19(28)13-11-17)23(26(33)34-5-2)16(3)29-27(31)35-22/h6-15,24H,4-5H2,1-3H3/b22-14-/t24-/m1/s1. The number of ether oxygens (including phenoxy) is 1. The van der Waals surface area contributed by atoms with Gasteiger partial charge in [-0.1, -0.05) is 41.7 Å². The van der Waals surface area contributed by atoms with Crippen molar-refractivity contribution < 1.29 is 13.9 Å². The lowest BCUT2D eigenvalue weighted by molar-refractivity contribution is -0.139. The number of hydrogen-bond acceptors (Lipinski definition) is 5. The second-order valence-corrected chi connectivity index (χ2v) is 9.25. The van der Waals surface area contributed by atoms with Crippen molar-refractivity contribution >= 4 is 34.3 Å². The van der Waals surface area contributed by atoms with E-state index in [2.05, 4.69) is 22.5 Å². The Hall–Kier alpha value is -3.78. The lowest BCUT2D eigenvalue weighted by Crippen LogP contribution is -2.39. The predicted octanol–water partition coefficient (Wildman–Crippen LogP) is 3.91. The fourth-order valence-electron chi connectivity index (χ4n) is 4.55. The zero-order chi connectivity index (χ0) is 24.7. The molecule has 0 fully saturated rings. The first-order valence-corrected chi connectivity index (χ1v) is 12.3. The Balaban J connectivity index is 1.75. The van der Waals surface area contributed by atoms with Gasteiger partial charge in [-0.3, -0.25) is 9.36 Å². The minimum Gasteiger partial charge on any atom is -0.463 e. The molecule has 2 aromatic carbocycles. The van der Waals surface area contributed by atoms with Gasteiger partial charge in [0.1, 0.15) is 5.82 Å². The summed E-state index contributed by atoms with van der Waals surface area (Å²) in [7, 11) is 0. The van der Waals surface area contributed by atoms with Crippen LogP contribution in [0.4, 0.5) is 4.39 Å². The van der Waals surface area contributed by atoms with Crippen molar-refractivity contribution in [2.75, 3.05) is 6.61 Å². The number of nitrogens with zero attached hydrogens (tertiary/aromatic N) is 3. The van der Waals surface area contributed by atoms with E-state index in [0.29, 0.717) is 20.6 Å². The van der Waals surface area contributed by atoms with Gasteiger partial charge in [-0.15, -0.1) is 0 Å². The monoisotopic (exact) mass is 489 g/mol. The van der Waals surface area contributed by atoms with Crippen LogP contribution < -0.4 is 14.9 Å². The Morgan fingerprint density at radius 2 is 1.91 bits per heavy atom. The average Bonchev–Trinajstić information content (AvgIpc) is 3.36. The minimum atomic E-state index is -0.759. The number of carbonyl (C=O) groups is 1. The Morgan fingerprint density at radius 3 is 2.63 bits per heavy atom. The third-order valence-electron chi connectivity index (χ3n) is 6.15. The van der Waals surface area contributed by atoms with Crippen molar-refractivity contribution in [3.8, 4) is 0 Å². The second kappa shape index (κ2) is 9.11. The summed E-state index contributed by atoms with van der Waals surface area (Å²) in [4.78, 5) is 31.7. The van der Waals surface area contributed by atoms with Crippen LogP contribution in [-0.4, -0.2) is 21.7 Å². The highest BCUT2D eigenvalue weighted by Gasteiger charge is 2.33. The largest absolute Gasteiger partial charge is 0.463 e. The Bertz CT molecular complexity index is 1660. The molecule has 1 aliphatic heterocycles. The number of fused-ring (bicyclic) bond motifs is 2. The molecule has 0 amide bonds. The number of esters is 1. The number of aryl methyl sites for hydroxylation is 1. The number of aromatic nitrogens is 2. The number of allylic oxidation sites excluding steroid dienone is 1.